The van der Waals surface area contributed by atoms with Crippen LogP contribution in [0, 0.1) is 0 Å². The molecule has 4 nitrogen and oxygen atoms in total. The summed E-state index contributed by atoms with van der Waals surface area (Å²) in [4.78, 5) is 10.5. The SMILES string of the molecule is NC(=O)NCCNCC1CCCc2ccccc21. The highest BCUT2D eigenvalue weighted by Gasteiger charge is 2.18. The van der Waals surface area contributed by atoms with Crippen LogP contribution in [0.4, 0.5) is 4.79 Å². The summed E-state index contributed by atoms with van der Waals surface area (Å²) < 4.78 is 0. The van der Waals surface area contributed by atoms with Gasteiger partial charge in [0.15, 0.2) is 0 Å². The van der Waals surface area contributed by atoms with Gasteiger partial charge in [-0.25, -0.2) is 4.79 Å². The van der Waals surface area contributed by atoms with Crippen molar-refractivity contribution in [3.8, 4) is 0 Å². The van der Waals surface area contributed by atoms with Crippen LogP contribution in [0.1, 0.15) is 29.9 Å². The molecule has 0 bridgehead atoms. The maximum Gasteiger partial charge on any atom is 0.312 e. The fourth-order valence-corrected chi connectivity index (χ4v) is 2.62. The molecule has 1 unspecified atom stereocenters. The monoisotopic (exact) mass is 247 g/mol. The van der Waals surface area contributed by atoms with Gasteiger partial charge < -0.3 is 16.4 Å². The number of fused-ring (bicyclic) bond motifs is 1. The number of amides is 2. The Morgan fingerprint density at radius 3 is 3.00 bits per heavy atom. The summed E-state index contributed by atoms with van der Waals surface area (Å²) in [6.45, 7) is 2.32. The van der Waals surface area contributed by atoms with E-state index in [2.05, 4.69) is 34.9 Å². The molecule has 0 heterocycles. The van der Waals surface area contributed by atoms with Crippen molar-refractivity contribution in [1.29, 1.82) is 0 Å². The molecule has 0 saturated heterocycles. The number of benzene rings is 1. The van der Waals surface area contributed by atoms with Gasteiger partial charge in [-0.15, -0.1) is 0 Å². The first-order valence-electron chi connectivity index (χ1n) is 6.59. The van der Waals surface area contributed by atoms with Crippen molar-refractivity contribution in [2.24, 2.45) is 5.73 Å². The number of aryl methyl sites for hydroxylation is 1. The number of hydrogen-bond acceptors (Lipinski definition) is 2. The van der Waals surface area contributed by atoms with E-state index >= 15 is 0 Å². The van der Waals surface area contributed by atoms with Crippen molar-refractivity contribution < 1.29 is 4.79 Å². The molecule has 0 aliphatic heterocycles. The fourth-order valence-electron chi connectivity index (χ4n) is 2.62. The van der Waals surface area contributed by atoms with Crippen molar-refractivity contribution in [1.82, 2.24) is 10.6 Å². The Labute approximate surface area is 108 Å². The molecular weight excluding hydrogens is 226 g/mol. The number of nitrogens with one attached hydrogen (secondary N) is 2. The second-order valence-corrected chi connectivity index (χ2v) is 4.78. The fraction of sp³-hybridized carbons (Fsp3) is 0.500. The van der Waals surface area contributed by atoms with Crippen LogP contribution in [0.15, 0.2) is 24.3 Å². The molecule has 4 heteroatoms. The average Bonchev–Trinajstić information content (AvgIpc) is 2.38. The zero-order valence-corrected chi connectivity index (χ0v) is 10.6. The van der Waals surface area contributed by atoms with E-state index in [4.69, 9.17) is 5.73 Å². The number of carbonyl (C=O) groups excluding carboxylic acids is 1. The molecule has 1 aromatic rings. The van der Waals surface area contributed by atoms with Crippen molar-refractivity contribution in [3.05, 3.63) is 35.4 Å². The zero-order valence-electron chi connectivity index (χ0n) is 10.6. The van der Waals surface area contributed by atoms with Gasteiger partial charge in [0.25, 0.3) is 0 Å². The summed E-state index contributed by atoms with van der Waals surface area (Å²) in [7, 11) is 0. The lowest BCUT2D eigenvalue weighted by molar-refractivity contribution is 0.249. The standard InChI is InChI=1S/C14H21N3O/c15-14(18)17-9-8-16-10-12-6-3-5-11-4-1-2-7-13(11)12/h1-2,4,7,12,16H,3,5-6,8-10H2,(H3,15,17,18). The molecule has 2 rings (SSSR count). The number of rotatable bonds is 5. The molecule has 4 N–H and O–H groups in total. The molecule has 0 aromatic heterocycles. The molecule has 0 radical (unpaired) electrons. The number of urea groups is 1. The lowest BCUT2D eigenvalue weighted by Crippen LogP contribution is -2.36. The smallest absolute Gasteiger partial charge is 0.312 e. The van der Waals surface area contributed by atoms with Crippen LogP contribution < -0.4 is 16.4 Å². The third kappa shape index (κ3) is 3.47. The highest BCUT2D eigenvalue weighted by Crippen LogP contribution is 2.30. The molecular formula is C14H21N3O. The Hall–Kier alpha value is -1.55. The minimum Gasteiger partial charge on any atom is -0.352 e. The van der Waals surface area contributed by atoms with Crippen LogP contribution in [-0.2, 0) is 6.42 Å². The van der Waals surface area contributed by atoms with Crippen molar-refractivity contribution in [3.63, 3.8) is 0 Å². The van der Waals surface area contributed by atoms with Crippen LogP contribution in [0.2, 0.25) is 0 Å². The second kappa shape index (κ2) is 6.40. The molecule has 18 heavy (non-hydrogen) atoms. The molecule has 1 aliphatic carbocycles. The van der Waals surface area contributed by atoms with E-state index in [0.717, 1.165) is 13.1 Å². The van der Waals surface area contributed by atoms with E-state index in [1.807, 2.05) is 0 Å². The van der Waals surface area contributed by atoms with Gasteiger partial charge in [0.1, 0.15) is 0 Å². The minimum atomic E-state index is -0.459. The molecule has 2 amide bonds. The summed E-state index contributed by atoms with van der Waals surface area (Å²) >= 11 is 0. The second-order valence-electron chi connectivity index (χ2n) is 4.78. The summed E-state index contributed by atoms with van der Waals surface area (Å²) in [6.07, 6.45) is 3.71. The molecule has 1 atom stereocenters. The van der Waals surface area contributed by atoms with Crippen molar-refractivity contribution in [2.75, 3.05) is 19.6 Å². The Kier molecular flexibility index (Phi) is 4.59. The van der Waals surface area contributed by atoms with Gasteiger partial charge in [-0.3, -0.25) is 0 Å². The molecule has 1 aromatic carbocycles. The molecule has 0 fully saturated rings. The first-order valence-corrected chi connectivity index (χ1v) is 6.59. The van der Waals surface area contributed by atoms with Gasteiger partial charge >= 0.3 is 6.03 Å². The van der Waals surface area contributed by atoms with Gasteiger partial charge in [0.2, 0.25) is 0 Å². The Bertz CT molecular complexity index is 406. The maximum absolute atomic E-state index is 10.5. The third-order valence-corrected chi connectivity index (χ3v) is 3.49. The summed E-state index contributed by atoms with van der Waals surface area (Å²) in [5, 5.41) is 5.96. The maximum atomic E-state index is 10.5. The number of hydrogen-bond donors (Lipinski definition) is 3. The van der Waals surface area contributed by atoms with Crippen molar-refractivity contribution in [2.45, 2.75) is 25.2 Å². The van der Waals surface area contributed by atoms with Gasteiger partial charge in [-0.1, -0.05) is 24.3 Å². The Morgan fingerprint density at radius 2 is 2.17 bits per heavy atom. The molecule has 1 aliphatic rings. The average molecular weight is 247 g/mol. The number of primary amides is 1. The highest BCUT2D eigenvalue weighted by atomic mass is 16.2. The number of carbonyl (C=O) groups is 1. The van der Waals surface area contributed by atoms with Crippen LogP contribution in [-0.4, -0.2) is 25.7 Å². The topological polar surface area (TPSA) is 67.2 Å². The van der Waals surface area contributed by atoms with Crippen LogP contribution >= 0.6 is 0 Å². The van der Waals surface area contributed by atoms with E-state index in [9.17, 15) is 4.79 Å². The van der Waals surface area contributed by atoms with Gasteiger partial charge in [0.05, 0.1) is 0 Å². The highest BCUT2D eigenvalue weighted by molar-refractivity contribution is 5.71. The first-order chi connectivity index (χ1) is 8.77. The Balaban J connectivity index is 1.79. The normalized spacial score (nSPS) is 18.1. The lowest BCUT2D eigenvalue weighted by atomic mass is 9.83. The lowest BCUT2D eigenvalue weighted by Gasteiger charge is -2.25. The molecule has 98 valence electrons. The van der Waals surface area contributed by atoms with E-state index in [0.29, 0.717) is 12.5 Å². The summed E-state index contributed by atoms with van der Waals surface area (Å²) in [5.41, 5.74) is 7.98. The quantitative estimate of drug-likeness (QED) is 0.688. The van der Waals surface area contributed by atoms with Crippen LogP contribution in [0.3, 0.4) is 0 Å². The van der Waals surface area contributed by atoms with E-state index in [-0.39, 0.29) is 0 Å². The van der Waals surface area contributed by atoms with Gasteiger partial charge in [0, 0.05) is 19.6 Å². The zero-order chi connectivity index (χ0) is 12.8. The Morgan fingerprint density at radius 1 is 1.33 bits per heavy atom. The van der Waals surface area contributed by atoms with Crippen LogP contribution in [0.25, 0.3) is 0 Å². The van der Waals surface area contributed by atoms with Crippen LogP contribution in [0.5, 0.6) is 0 Å². The van der Waals surface area contributed by atoms with Gasteiger partial charge in [-0.05, 0) is 36.3 Å². The van der Waals surface area contributed by atoms with Gasteiger partial charge in [-0.2, -0.15) is 0 Å². The first kappa shape index (κ1) is 12.9. The van der Waals surface area contributed by atoms with Crippen molar-refractivity contribution >= 4 is 6.03 Å². The summed E-state index contributed by atoms with van der Waals surface area (Å²) in [6, 6.07) is 8.25. The van der Waals surface area contributed by atoms with E-state index < -0.39 is 6.03 Å². The predicted octanol–water partition coefficient (Wildman–Crippen LogP) is 1.36. The number of nitrogens with two attached hydrogens (primary N) is 1. The third-order valence-electron chi connectivity index (χ3n) is 3.49. The molecule has 0 saturated carbocycles. The summed E-state index contributed by atoms with van der Waals surface area (Å²) in [5.74, 6) is 0.600. The van der Waals surface area contributed by atoms with E-state index in [1.165, 1.54) is 30.4 Å². The molecule has 0 spiro atoms. The largest absolute Gasteiger partial charge is 0.352 e. The predicted molar refractivity (Wildman–Crippen MR) is 72.6 cm³/mol. The minimum absolute atomic E-state index is 0.459. The van der Waals surface area contributed by atoms with E-state index in [1.54, 1.807) is 0 Å².